The van der Waals surface area contributed by atoms with Gasteiger partial charge >= 0.3 is 6.09 Å². The Bertz CT molecular complexity index is 564. The van der Waals surface area contributed by atoms with E-state index in [4.69, 9.17) is 4.74 Å². The summed E-state index contributed by atoms with van der Waals surface area (Å²) in [5, 5.41) is 0. The van der Waals surface area contributed by atoms with Gasteiger partial charge < -0.3 is 4.74 Å². The van der Waals surface area contributed by atoms with E-state index in [2.05, 4.69) is 4.36 Å². The normalized spacial score (nSPS) is 14.7. The Kier molecular flexibility index (Phi) is 4.16. The monoisotopic (exact) mass is 269 g/mol. The smallest absolute Gasteiger partial charge is 0.442 e. The van der Waals surface area contributed by atoms with Crippen molar-refractivity contribution in [2.45, 2.75) is 38.2 Å². The number of hydrogen-bond acceptors (Lipinski definition) is 3. The van der Waals surface area contributed by atoms with Crippen molar-refractivity contribution in [3.05, 3.63) is 29.8 Å². The van der Waals surface area contributed by atoms with Gasteiger partial charge in [-0.3, -0.25) is 0 Å². The van der Waals surface area contributed by atoms with Crippen molar-refractivity contribution in [2.24, 2.45) is 4.36 Å². The van der Waals surface area contributed by atoms with Gasteiger partial charge in [-0.05, 0) is 45.4 Å². The van der Waals surface area contributed by atoms with Crippen LogP contribution in [-0.4, -0.2) is 22.2 Å². The molecule has 0 radical (unpaired) electrons. The van der Waals surface area contributed by atoms with Gasteiger partial charge in [0.1, 0.15) is 5.60 Å². The third kappa shape index (κ3) is 4.49. The molecule has 1 atom stereocenters. The zero-order valence-electron chi connectivity index (χ0n) is 11.4. The van der Waals surface area contributed by atoms with Crippen LogP contribution in [0.4, 0.5) is 4.79 Å². The average Bonchev–Trinajstić information content (AvgIpc) is 2.13. The minimum absolute atomic E-state index is 0.536. The van der Waals surface area contributed by atoms with Gasteiger partial charge in [-0.1, -0.05) is 12.1 Å². The van der Waals surface area contributed by atoms with Crippen molar-refractivity contribution in [2.75, 3.05) is 6.26 Å². The van der Waals surface area contributed by atoms with Gasteiger partial charge in [-0.2, -0.15) is 0 Å². The minimum atomic E-state index is -2.75. The highest BCUT2D eigenvalue weighted by molar-refractivity contribution is 7.93. The molecule has 5 heteroatoms. The van der Waals surface area contributed by atoms with Crippen LogP contribution in [0, 0.1) is 6.92 Å². The van der Waals surface area contributed by atoms with Crippen LogP contribution in [0.5, 0.6) is 0 Å². The summed E-state index contributed by atoms with van der Waals surface area (Å²) in [6, 6.07) is 7.14. The molecule has 18 heavy (non-hydrogen) atoms. The van der Waals surface area contributed by atoms with E-state index in [1.807, 2.05) is 13.0 Å². The van der Waals surface area contributed by atoms with Crippen molar-refractivity contribution in [3.8, 4) is 0 Å². The Balaban J connectivity index is 3.07. The number of hydrogen-bond donors (Lipinski definition) is 0. The Morgan fingerprint density at radius 3 is 2.44 bits per heavy atom. The van der Waals surface area contributed by atoms with E-state index < -0.39 is 21.4 Å². The first-order chi connectivity index (χ1) is 8.10. The topological polar surface area (TPSA) is 55.7 Å². The van der Waals surface area contributed by atoms with Gasteiger partial charge in [0, 0.05) is 11.2 Å². The first-order valence-electron chi connectivity index (χ1n) is 5.62. The van der Waals surface area contributed by atoms with E-state index in [-0.39, 0.29) is 0 Å². The number of carbonyl (C=O) groups excluding carboxylic acids is 1. The third-order valence-corrected chi connectivity index (χ3v) is 3.70. The molecule has 1 unspecified atom stereocenters. The molecule has 1 aromatic carbocycles. The number of carbonyl (C=O) groups is 1. The first-order valence-corrected chi connectivity index (χ1v) is 7.54. The van der Waals surface area contributed by atoms with E-state index in [1.54, 1.807) is 39.0 Å². The Hall–Kier alpha value is -1.36. The summed E-state index contributed by atoms with van der Waals surface area (Å²) in [6.45, 7) is 7.12. The molecule has 0 bridgehead atoms. The molecule has 0 saturated carbocycles. The van der Waals surface area contributed by atoms with Gasteiger partial charge in [0.05, 0.1) is 9.73 Å². The predicted molar refractivity (Wildman–Crippen MR) is 72.2 cm³/mol. The minimum Gasteiger partial charge on any atom is -0.442 e. The maximum absolute atomic E-state index is 12.4. The number of nitrogens with zero attached hydrogens (tertiary/aromatic N) is 1. The van der Waals surface area contributed by atoms with E-state index >= 15 is 0 Å². The molecule has 0 N–H and O–H groups in total. The second kappa shape index (κ2) is 5.10. The Morgan fingerprint density at radius 1 is 1.33 bits per heavy atom. The molecule has 0 heterocycles. The fourth-order valence-corrected chi connectivity index (χ4v) is 2.49. The first kappa shape index (κ1) is 14.7. The standard InChI is InChI=1S/C13H19NO3S/c1-10-7-6-8-11(9-10)18(5,16)14-12(15)17-13(2,3)4/h6-9H,1-5H3. The van der Waals surface area contributed by atoms with E-state index in [9.17, 15) is 9.00 Å². The molecule has 0 aliphatic carbocycles. The molecule has 0 fully saturated rings. The SMILES string of the molecule is Cc1cccc(S(C)(=O)=NC(=O)OC(C)(C)C)c1. The van der Waals surface area contributed by atoms with Gasteiger partial charge in [0.25, 0.3) is 0 Å². The highest BCUT2D eigenvalue weighted by atomic mass is 32.2. The summed E-state index contributed by atoms with van der Waals surface area (Å²) in [5.41, 5.74) is 0.337. The maximum atomic E-state index is 12.4. The lowest BCUT2D eigenvalue weighted by molar-refractivity contribution is 0.0607. The van der Waals surface area contributed by atoms with Crippen LogP contribution >= 0.6 is 0 Å². The predicted octanol–water partition coefficient (Wildman–Crippen LogP) is 3.39. The quantitative estimate of drug-likeness (QED) is 0.785. The Labute approximate surface area is 109 Å². The zero-order chi connectivity index (χ0) is 14.0. The van der Waals surface area contributed by atoms with Crippen LogP contribution in [-0.2, 0) is 14.5 Å². The lowest BCUT2D eigenvalue weighted by Gasteiger charge is -2.17. The fourth-order valence-electron chi connectivity index (χ4n) is 1.33. The number of amides is 1. The zero-order valence-corrected chi connectivity index (χ0v) is 12.2. The number of rotatable bonds is 1. The molecule has 0 aliphatic rings. The molecule has 100 valence electrons. The molecular formula is C13H19NO3S. The van der Waals surface area contributed by atoms with Crippen LogP contribution in [0.15, 0.2) is 33.5 Å². The molecule has 1 aromatic rings. The van der Waals surface area contributed by atoms with Crippen LogP contribution in [0.1, 0.15) is 26.3 Å². The number of aryl methyl sites for hydroxylation is 1. The summed E-state index contributed by atoms with van der Waals surface area (Å²) in [4.78, 5) is 12.1. The van der Waals surface area contributed by atoms with Crippen LogP contribution in [0.2, 0.25) is 0 Å². The molecule has 0 aromatic heterocycles. The van der Waals surface area contributed by atoms with Crippen LogP contribution in [0.3, 0.4) is 0 Å². The van der Waals surface area contributed by atoms with Crippen molar-refractivity contribution >= 4 is 15.8 Å². The largest absolute Gasteiger partial charge is 0.442 e. The Morgan fingerprint density at radius 2 is 1.94 bits per heavy atom. The molecule has 0 spiro atoms. The van der Waals surface area contributed by atoms with Crippen molar-refractivity contribution in [1.82, 2.24) is 0 Å². The van der Waals surface area contributed by atoms with E-state index in [1.165, 1.54) is 6.26 Å². The van der Waals surface area contributed by atoms with Crippen molar-refractivity contribution in [1.29, 1.82) is 0 Å². The molecule has 4 nitrogen and oxygen atoms in total. The molecule has 0 aliphatic heterocycles. The summed E-state index contributed by atoms with van der Waals surface area (Å²) < 4.78 is 21.1. The summed E-state index contributed by atoms with van der Waals surface area (Å²) >= 11 is 0. The molecule has 0 saturated heterocycles. The highest BCUT2D eigenvalue weighted by Gasteiger charge is 2.18. The second-order valence-electron chi connectivity index (χ2n) is 5.19. The number of ether oxygens (including phenoxy) is 1. The highest BCUT2D eigenvalue weighted by Crippen LogP contribution is 2.15. The molecule has 1 amide bonds. The van der Waals surface area contributed by atoms with Gasteiger partial charge in [0.2, 0.25) is 0 Å². The lowest BCUT2D eigenvalue weighted by atomic mass is 10.2. The van der Waals surface area contributed by atoms with Crippen molar-refractivity contribution in [3.63, 3.8) is 0 Å². The van der Waals surface area contributed by atoms with Crippen LogP contribution in [0.25, 0.3) is 0 Å². The van der Waals surface area contributed by atoms with Gasteiger partial charge in [-0.15, -0.1) is 4.36 Å². The average molecular weight is 269 g/mol. The van der Waals surface area contributed by atoms with E-state index in [0.717, 1.165) is 5.56 Å². The molecular weight excluding hydrogens is 250 g/mol. The third-order valence-electron chi connectivity index (χ3n) is 2.07. The summed E-state index contributed by atoms with van der Waals surface area (Å²) in [5.74, 6) is 0. The maximum Gasteiger partial charge on any atom is 0.442 e. The van der Waals surface area contributed by atoms with Crippen molar-refractivity contribution < 1.29 is 13.7 Å². The summed E-state index contributed by atoms with van der Waals surface area (Å²) in [7, 11) is -2.75. The van der Waals surface area contributed by atoms with E-state index in [0.29, 0.717) is 4.90 Å². The number of benzene rings is 1. The van der Waals surface area contributed by atoms with Gasteiger partial charge in [0.15, 0.2) is 0 Å². The summed E-state index contributed by atoms with van der Waals surface area (Å²) in [6.07, 6.45) is 0.641. The van der Waals surface area contributed by atoms with Gasteiger partial charge in [-0.25, -0.2) is 9.00 Å². The fraction of sp³-hybridized carbons (Fsp3) is 0.462. The second-order valence-corrected chi connectivity index (χ2v) is 7.45. The van der Waals surface area contributed by atoms with Crippen LogP contribution < -0.4 is 0 Å². The molecule has 1 rings (SSSR count). The lowest BCUT2D eigenvalue weighted by Crippen LogP contribution is -2.22.